The number of aliphatic hydroxyl groups is 1. The largest absolute Gasteiger partial charge is 0.481 e. The highest BCUT2D eigenvalue weighted by Crippen LogP contribution is 2.45. The van der Waals surface area contributed by atoms with Gasteiger partial charge in [-0.2, -0.15) is 0 Å². The van der Waals surface area contributed by atoms with Crippen LogP contribution in [0.2, 0.25) is 0 Å². The third kappa shape index (κ3) is 4.37. The molecule has 0 atom stereocenters. The van der Waals surface area contributed by atoms with Crippen molar-refractivity contribution in [1.82, 2.24) is 0 Å². The Morgan fingerprint density at radius 3 is 1.59 bits per heavy atom. The van der Waals surface area contributed by atoms with Crippen LogP contribution >= 0.6 is 0 Å². The Morgan fingerprint density at radius 1 is 0.778 bits per heavy atom. The van der Waals surface area contributed by atoms with Gasteiger partial charge < -0.3 is 15.3 Å². The molecule has 0 fully saturated rings. The van der Waals surface area contributed by atoms with Gasteiger partial charge in [0.05, 0.1) is 6.61 Å². The third-order valence-corrected chi connectivity index (χ3v) is 5.17. The summed E-state index contributed by atoms with van der Waals surface area (Å²) >= 11 is 0. The van der Waals surface area contributed by atoms with E-state index in [9.17, 15) is 14.7 Å². The molecule has 0 radical (unpaired) electrons. The van der Waals surface area contributed by atoms with Crippen LogP contribution in [0, 0.1) is 0 Å². The van der Waals surface area contributed by atoms with Crippen molar-refractivity contribution in [1.29, 1.82) is 0 Å². The summed E-state index contributed by atoms with van der Waals surface area (Å²) in [6, 6.07) is 12.4. The van der Waals surface area contributed by atoms with Gasteiger partial charge >= 0.3 is 11.9 Å². The number of carbonyl (C=O) groups is 2. The Hall–Kier alpha value is -2.66. The number of carboxylic acids is 2. The van der Waals surface area contributed by atoms with Crippen LogP contribution in [-0.2, 0) is 22.4 Å². The van der Waals surface area contributed by atoms with Crippen molar-refractivity contribution in [3.05, 3.63) is 58.7 Å². The molecule has 142 valence electrons. The highest BCUT2D eigenvalue weighted by molar-refractivity contribution is 5.79. The summed E-state index contributed by atoms with van der Waals surface area (Å²) in [5, 5.41) is 27.6. The van der Waals surface area contributed by atoms with Crippen LogP contribution in [0.25, 0.3) is 11.1 Å². The topological polar surface area (TPSA) is 94.8 Å². The van der Waals surface area contributed by atoms with Gasteiger partial charge in [-0.05, 0) is 59.1 Å². The molecule has 1 aliphatic rings. The van der Waals surface area contributed by atoms with Crippen LogP contribution in [0.5, 0.6) is 0 Å². The average molecular weight is 368 g/mol. The molecule has 5 nitrogen and oxygen atoms in total. The van der Waals surface area contributed by atoms with Crippen LogP contribution in [-0.4, -0.2) is 33.9 Å². The van der Waals surface area contributed by atoms with Crippen molar-refractivity contribution in [2.75, 3.05) is 6.61 Å². The lowest BCUT2D eigenvalue weighted by atomic mass is 9.94. The maximum Gasteiger partial charge on any atom is 0.303 e. The quantitative estimate of drug-likeness (QED) is 0.628. The molecule has 0 amide bonds. The van der Waals surface area contributed by atoms with Crippen LogP contribution in [0.4, 0.5) is 0 Å². The summed E-state index contributed by atoms with van der Waals surface area (Å²) in [7, 11) is 0. The number of aryl methyl sites for hydroxylation is 2. The van der Waals surface area contributed by atoms with Gasteiger partial charge in [0.1, 0.15) is 0 Å². The fourth-order valence-electron chi connectivity index (χ4n) is 3.85. The van der Waals surface area contributed by atoms with Crippen LogP contribution in [0.3, 0.4) is 0 Å². The molecular weight excluding hydrogens is 344 g/mol. The minimum atomic E-state index is -0.785. The first-order chi connectivity index (χ1) is 13.0. The first kappa shape index (κ1) is 19.1. The zero-order valence-corrected chi connectivity index (χ0v) is 15.1. The van der Waals surface area contributed by atoms with Gasteiger partial charge in [-0.1, -0.05) is 36.4 Å². The third-order valence-electron chi connectivity index (χ3n) is 5.17. The molecule has 27 heavy (non-hydrogen) atoms. The number of hydrogen-bond acceptors (Lipinski definition) is 3. The molecule has 2 aromatic rings. The summed E-state index contributed by atoms with van der Waals surface area (Å²) in [6.07, 6.45) is 2.90. The standard InChI is InChI=1S/C22H24O5/c23-13-20-18-11-14(3-1-5-21(24)25)7-9-16(18)17-10-8-15(12-19(17)20)4-2-6-22(26)27/h7-12,20,23H,1-6,13H2,(H,24,25)(H,26,27). The number of hydrogen-bond donors (Lipinski definition) is 3. The summed E-state index contributed by atoms with van der Waals surface area (Å²) in [6.45, 7) is 0.0111. The van der Waals surface area contributed by atoms with Gasteiger partial charge in [-0.15, -0.1) is 0 Å². The van der Waals surface area contributed by atoms with E-state index in [4.69, 9.17) is 10.2 Å². The number of rotatable bonds is 9. The maximum absolute atomic E-state index is 10.7. The first-order valence-electron chi connectivity index (χ1n) is 9.30. The summed E-state index contributed by atoms with van der Waals surface area (Å²) in [5.41, 5.74) is 6.57. The fraction of sp³-hybridized carbons (Fsp3) is 0.364. The van der Waals surface area contributed by atoms with Crippen molar-refractivity contribution in [3.8, 4) is 11.1 Å². The number of aliphatic hydroxyl groups excluding tert-OH is 1. The van der Waals surface area contributed by atoms with E-state index in [1.807, 2.05) is 12.1 Å². The summed E-state index contributed by atoms with van der Waals surface area (Å²) in [4.78, 5) is 21.4. The lowest BCUT2D eigenvalue weighted by Crippen LogP contribution is -2.03. The maximum atomic E-state index is 10.7. The molecule has 0 saturated carbocycles. The Balaban J connectivity index is 1.80. The molecule has 0 aliphatic heterocycles. The van der Waals surface area contributed by atoms with Crippen LogP contribution in [0.1, 0.15) is 53.9 Å². The lowest BCUT2D eigenvalue weighted by molar-refractivity contribution is -0.138. The van der Waals surface area contributed by atoms with Crippen molar-refractivity contribution in [3.63, 3.8) is 0 Å². The van der Waals surface area contributed by atoms with Crippen molar-refractivity contribution < 1.29 is 24.9 Å². The monoisotopic (exact) mass is 368 g/mol. The normalized spacial score (nSPS) is 12.6. The summed E-state index contributed by atoms with van der Waals surface area (Å²) < 4.78 is 0. The van der Waals surface area contributed by atoms with Crippen LogP contribution in [0.15, 0.2) is 36.4 Å². The van der Waals surface area contributed by atoms with Crippen molar-refractivity contribution >= 4 is 11.9 Å². The molecule has 2 aromatic carbocycles. The molecule has 0 unspecified atom stereocenters. The predicted octanol–water partition coefficient (Wildman–Crippen LogP) is 3.61. The van der Waals surface area contributed by atoms with Crippen LogP contribution < -0.4 is 0 Å². The summed E-state index contributed by atoms with van der Waals surface area (Å²) in [5.74, 6) is -1.66. The van der Waals surface area contributed by atoms with Crippen molar-refractivity contribution in [2.45, 2.75) is 44.4 Å². The number of aliphatic carboxylic acids is 2. The minimum absolute atomic E-state index is 0.0111. The Labute approximate surface area is 158 Å². The van der Waals surface area contributed by atoms with Gasteiger partial charge in [-0.25, -0.2) is 0 Å². The van der Waals surface area contributed by atoms with E-state index < -0.39 is 11.9 Å². The number of benzene rings is 2. The van der Waals surface area contributed by atoms with Gasteiger partial charge in [0.25, 0.3) is 0 Å². The second kappa shape index (κ2) is 8.35. The number of fused-ring (bicyclic) bond motifs is 3. The molecule has 0 spiro atoms. The second-order valence-corrected chi connectivity index (χ2v) is 7.07. The molecule has 3 N–H and O–H groups in total. The molecule has 0 heterocycles. The van der Waals surface area contributed by atoms with E-state index in [0.717, 1.165) is 33.4 Å². The molecule has 3 rings (SSSR count). The van der Waals surface area contributed by atoms with E-state index in [1.54, 1.807) is 0 Å². The second-order valence-electron chi connectivity index (χ2n) is 7.07. The van der Waals surface area contributed by atoms with Gasteiger partial charge in [0, 0.05) is 18.8 Å². The van der Waals surface area contributed by atoms with E-state index in [0.29, 0.717) is 25.7 Å². The smallest absolute Gasteiger partial charge is 0.303 e. The minimum Gasteiger partial charge on any atom is -0.481 e. The lowest BCUT2D eigenvalue weighted by Gasteiger charge is -2.12. The molecular formula is C22H24O5. The molecule has 1 aliphatic carbocycles. The highest BCUT2D eigenvalue weighted by atomic mass is 16.4. The molecule has 5 heteroatoms. The molecule has 0 aromatic heterocycles. The predicted molar refractivity (Wildman–Crippen MR) is 102 cm³/mol. The highest BCUT2D eigenvalue weighted by Gasteiger charge is 2.28. The zero-order valence-electron chi connectivity index (χ0n) is 15.1. The Morgan fingerprint density at radius 2 is 1.22 bits per heavy atom. The van der Waals surface area contributed by atoms with Gasteiger partial charge in [0.2, 0.25) is 0 Å². The van der Waals surface area contributed by atoms with E-state index >= 15 is 0 Å². The van der Waals surface area contributed by atoms with Crippen molar-refractivity contribution in [2.24, 2.45) is 0 Å². The fourth-order valence-corrected chi connectivity index (χ4v) is 3.85. The van der Waals surface area contributed by atoms with Gasteiger partial charge in [-0.3, -0.25) is 9.59 Å². The zero-order chi connectivity index (χ0) is 19.4. The Bertz CT molecular complexity index is 786. The van der Waals surface area contributed by atoms with E-state index in [-0.39, 0.29) is 25.4 Å². The Kier molecular flexibility index (Phi) is 5.91. The average Bonchev–Trinajstić information content (AvgIpc) is 2.93. The SMILES string of the molecule is O=C(O)CCCc1ccc2c(c1)C(CO)c1cc(CCCC(=O)O)ccc1-2. The number of carboxylic acid groups (broad SMARTS) is 2. The van der Waals surface area contributed by atoms with E-state index in [1.165, 1.54) is 0 Å². The molecule has 0 bridgehead atoms. The molecule has 0 saturated heterocycles. The first-order valence-corrected chi connectivity index (χ1v) is 9.30. The van der Waals surface area contributed by atoms with E-state index in [2.05, 4.69) is 24.3 Å². The van der Waals surface area contributed by atoms with Gasteiger partial charge in [0.15, 0.2) is 0 Å².